The summed E-state index contributed by atoms with van der Waals surface area (Å²) in [5, 5.41) is 14.4. The number of hydrogen-bond acceptors (Lipinski definition) is 8. The Morgan fingerprint density at radius 1 is 1.13 bits per heavy atom. The third-order valence-electron chi connectivity index (χ3n) is 4.52. The Labute approximate surface area is 174 Å². The molecule has 1 aliphatic heterocycles. The number of morpholine rings is 1. The first-order valence-corrected chi connectivity index (χ1v) is 10.7. The zero-order valence-corrected chi connectivity index (χ0v) is 17.3. The van der Waals surface area contributed by atoms with Crippen molar-refractivity contribution in [3.8, 4) is 11.5 Å². The van der Waals surface area contributed by atoms with Crippen LogP contribution in [-0.4, -0.2) is 64.2 Å². The minimum Gasteiger partial charge on any atom is -0.497 e. The number of ether oxygens (including phenoxy) is 3. The van der Waals surface area contributed by atoms with Crippen LogP contribution in [0.3, 0.4) is 0 Å². The summed E-state index contributed by atoms with van der Waals surface area (Å²) in [4.78, 5) is 10.8. The molecule has 0 spiro atoms. The Morgan fingerprint density at radius 3 is 2.43 bits per heavy atom. The monoisotopic (exact) mass is 437 g/mol. The molecule has 0 aromatic heterocycles. The number of methoxy groups -OCH3 is 1. The van der Waals surface area contributed by atoms with E-state index in [0.29, 0.717) is 31.3 Å². The fourth-order valence-electron chi connectivity index (χ4n) is 2.94. The molecule has 0 bridgehead atoms. The Kier molecular flexibility index (Phi) is 7.08. The van der Waals surface area contributed by atoms with Crippen molar-refractivity contribution in [1.82, 2.24) is 4.31 Å². The quantitative estimate of drug-likeness (QED) is 0.360. The first-order chi connectivity index (χ1) is 14.4. The third-order valence-corrected chi connectivity index (χ3v) is 6.41. The second kappa shape index (κ2) is 9.74. The van der Waals surface area contributed by atoms with Crippen LogP contribution in [0, 0.1) is 10.1 Å². The zero-order chi connectivity index (χ0) is 21.6. The molecule has 1 saturated heterocycles. The number of hydrogen-bond donors (Lipinski definition) is 1. The molecule has 3 rings (SSSR count). The van der Waals surface area contributed by atoms with Gasteiger partial charge in [0, 0.05) is 25.7 Å². The molecule has 2 aromatic carbocycles. The first kappa shape index (κ1) is 21.8. The smallest absolute Gasteiger partial charge is 0.293 e. The molecule has 0 atom stereocenters. The molecule has 1 fully saturated rings. The Hall–Kier alpha value is -2.89. The van der Waals surface area contributed by atoms with Gasteiger partial charge >= 0.3 is 0 Å². The highest BCUT2D eigenvalue weighted by atomic mass is 32.2. The normalized spacial score (nSPS) is 14.8. The molecular weight excluding hydrogens is 414 g/mol. The van der Waals surface area contributed by atoms with E-state index >= 15 is 0 Å². The average Bonchev–Trinajstić information content (AvgIpc) is 2.77. The van der Waals surface area contributed by atoms with E-state index in [9.17, 15) is 18.5 Å². The molecule has 0 aliphatic carbocycles. The van der Waals surface area contributed by atoms with E-state index in [2.05, 4.69) is 5.32 Å². The summed E-state index contributed by atoms with van der Waals surface area (Å²) in [5.41, 5.74) is -0.0898. The van der Waals surface area contributed by atoms with Crippen LogP contribution in [-0.2, 0) is 14.8 Å². The molecule has 30 heavy (non-hydrogen) atoms. The third kappa shape index (κ3) is 5.17. The molecule has 1 aliphatic rings. The lowest BCUT2D eigenvalue weighted by molar-refractivity contribution is -0.384. The van der Waals surface area contributed by atoms with Gasteiger partial charge < -0.3 is 19.5 Å². The minimum atomic E-state index is -3.82. The van der Waals surface area contributed by atoms with Gasteiger partial charge in [0.2, 0.25) is 10.0 Å². The molecule has 0 unspecified atom stereocenters. The van der Waals surface area contributed by atoms with Gasteiger partial charge in [-0.3, -0.25) is 10.1 Å². The van der Waals surface area contributed by atoms with Gasteiger partial charge in [-0.2, -0.15) is 4.31 Å². The highest BCUT2D eigenvalue weighted by molar-refractivity contribution is 7.89. The number of nitro groups is 1. The number of anilines is 1. The number of benzene rings is 2. The maximum absolute atomic E-state index is 12.7. The van der Waals surface area contributed by atoms with Crippen LogP contribution in [0.15, 0.2) is 47.4 Å². The van der Waals surface area contributed by atoms with Crippen molar-refractivity contribution >= 4 is 21.4 Å². The van der Waals surface area contributed by atoms with Crippen molar-refractivity contribution in [3.05, 3.63) is 52.6 Å². The van der Waals surface area contributed by atoms with Gasteiger partial charge in [0.15, 0.2) is 0 Å². The second-order valence-corrected chi connectivity index (χ2v) is 8.34. The molecule has 0 saturated carbocycles. The van der Waals surface area contributed by atoms with Gasteiger partial charge in [0.1, 0.15) is 23.8 Å². The zero-order valence-electron chi connectivity index (χ0n) is 16.4. The van der Waals surface area contributed by atoms with Crippen molar-refractivity contribution in [2.45, 2.75) is 4.90 Å². The van der Waals surface area contributed by atoms with Crippen molar-refractivity contribution < 1.29 is 27.6 Å². The van der Waals surface area contributed by atoms with Gasteiger partial charge in [-0.25, -0.2) is 8.42 Å². The van der Waals surface area contributed by atoms with Crippen LogP contribution < -0.4 is 14.8 Å². The average molecular weight is 437 g/mol. The number of nitrogens with zero attached hydrogens (tertiary/aromatic N) is 2. The molecule has 1 N–H and O–H groups in total. The van der Waals surface area contributed by atoms with Gasteiger partial charge in [-0.15, -0.1) is 0 Å². The molecule has 2 aromatic rings. The van der Waals surface area contributed by atoms with Crippen molar-refractivity contribution in [1.29, 1.82) is 0 Å². The van der Waals surface area contributed by atoms with E-state index < -0.39 is 14.9 Å². The van der Waals surface area contributed by atoms with Crippen molar-refractivity contribution in [3.63, 3.8) is 0 Å². The predicted molar refractivity (Wildman–Crippen MR) is 110 cm³/mol. The van der Waals surface area contributed by atoms with Crippen LogP contribution >= 0.6 is 0 Å². The Bertz CT molecular complexity index is 974. The van der Waals surface area contributed by atoms with Crippen LogP contribution in [0.1, 0.15) is 0 Å². The SMILES string of the molecule is COc1ccc(OCCNc2ccc(S(=O)(=O)N3CCOCC3)cc2[N+](=O)[O-])cc1. The first-order valence-electron chi connectivity index (χ1n) is 9.29. The lowest BCUT2D eigenvalue weighted by Gasteiger charge is -2.26. The number of rotatable bonds is 9. The van der Waals surface area contributed by atoms with Crippen LogP contribution in [0.2, 0.25) is 0 Å². The molecule has 0 amide bonds. The fraction of sp³-hybridized carbons (Fsp3) is 0.368. The van der Waals surface area contributed by atoms with Gasteiger partial charge in [0.25, 0.3) is 5.69 Å². The topological polar surface area (TPSA) is 120 Å². The maximum Gasteiger partial charge on any atom is 0.293 e. The molecule has 162 valence electrons. The highest BCUT2D eigenvalue weighted by Gasteiger charge is 2.28. The van der Waals surface area contributed by atoms with Crippen LogP contribution in [0.4, 0.5) is 11.4 Å². The minimum absolute atomic E-state index is 0.115. The van der Waals surface area contributed by atoms with Gasteiger partial charge in [-0.05, 0) is 36.4 Å². The van der Waals surface area contributed by atoms with E-state index in [1.807, 2.05) is 0 Å². The summed E-state index contributed by atoms with van der Waals surface area (Å²) in [6.45, 7) is 1.60. The van der Waals surface area contributed by atoms with Crippen molar-refractivity contribution in [2.24, 2.45) is 0 Å². The van der Waals surface area contributed by atoms with Crippen LogP contribution in [0.5, 0.6) is 11.5 Å². The van der Waals surface area contributed by atoms with E-state index in [-0.39, 0.29) is 36.0 Å². The summed E-state index contributed by atoms with van der Waals surface area (Å²) in [7, 11) is -2.24. The maximum atomic E-state index is 12.7. The van der Waals surface area contributed by atoms with E-state index in [0.717, 1.165) is 6.07 Å². The molecular formula is C19H23N3O7S. The summed E-state index contributed by atoms with van der Waals surface area (Å²) in [6, 6.07) is 10.9. The fourth-order valence-corrected chi connectivity index (χ4v) is 4.36. The Morgan fingerprint density at radius 2 is 1.80 bits per heavy atom. The van der Waals surface area contributed by atoms with E-state index in [4.69, 9.17) is 14.2 Å². The van der Waals surface area contributed by atoms with E-state index in [1.165, 1.54) is 16.4 Å². The predicted octanol–water partition coefficient (Wildman–Crippen LogP) is 2.12. The summed E-state index contributed by atoms with van der Waals surface area (Å²) in [5.74, 6) is 1.35. The van der Waals surface area contributed by atoms with Gasteiger partial charge in [-0.1, -0.05) is 0 Å². The summed E-state index contributed by atoms with van der Waals surface area (Å²) in [6.07, 6.45) is 0. The standard InChI is InChI=1S/C19H23N3O7S/c1-27-15-2-4-16(5-3-15)29-11-8-20-18-7-6-17(14-19(18)22(23)24)30(25,26)21-9-12-28-13-10-21/h2-7,14,20H,8-13H2,1H3. The lowest BCUT2D eigenvalue weighted by Crippen LogP contribution is -2.40. The molecule has 10 nitrogen and oxygen atoms in total. The van der Waals surface area contributed by atoms with Crippen molar-refractivity contribution in [2.75, 3.05) is 51.9 Å². The highest BCUT2D eigenvalue weighted by Crippen LogP contribution is 2.29. The number of nitrogens with one attached hydrogen (secondary N) is 1. The van der Waals surface area contributed by atoms with Gasteiger partial charge in [0.05, 0.1) is 30.1 Å². The Balaban J connectivity index is 1.65. The molecule has 11 heteroatoms. The second-order valence-electron chi connectivity index (χ2n) is 6.40. The largest absolute Gasteiger partial charge is 0.497 e. The molecule has 1 heterocycles. The summed E-state index contributed by atoms with van der Waals surface area (Å²) < 4.78 is 42.6. The number of nitro benzene ring substituents is 1. The molecule has 0 radical (unpaired) electrons. The summed E-state index contributed by atoms with van der Waals surface area (Å²) >= 11 is 0. The van der Waals surface area contributed by atoms with Crippen LogP contribution in [0.25, 0.3) is 0 Å². The van der Waals surface area contributed by atoms with E-state index in [1.54, 1.807) is 31.4 Å². The number of sulfonamides is 1. The lowest BCUT2D eigenvalue weighted by atomic mass is 10.2.